The molecule has 9 aromatic rings. The van der Waals surface area contributed by atoms with Crippen molar-refractivity contribution in [2.75, 3.05) is 0 Å². The van der Waals surface area contributed by atoms with Crippen LogP contribution >= 0.6 is 0 Å². The number of allylic oxidation sites excluding steroid dienone is 1. The maximum Gasteiger partial charge on any atom is 0.0717 e. The molecular formula is C70H70N6. The molecule has 0 bridgehead atoms. The van der Waals surface area contributed by atoms with Crippen LogP contribution in [0.3, 0.4) is 0 Å². The average Bonchev–Trinajstić information content (AvgIpc) is 3.42. The van der Waals surface area contributed by atoms with Crippen molar-refractivity contribution in [3.63, 3.8) is 0 Å². The van der Waals surface area contributed by atoms with Gasteiger partial charge >= 0.3 is 0 Å². The zero-order valence-electron chi connectivity index (χ0n) is 46.7. The molecule has 6 nitrogen and oxygen atoms in total. The number of pyridine rings is 5. The van der Waals surface area contributed by atoms with E-state index >= 15 is 0 Å². The largest absolute Gasteiger partial charge is 0.260 e. The molecule has 0 saturated carbocycles. The number of rotatable bonds is 9. The molecular weight excluding hydrogens is 925 g/mol. The molecule has 4 aromatic carbocycles. The lowest BCUT2D eigenvalue weighted by atomic mass is 9.83. The summed E-state index contributed by atoms with van der Waals surface area (Å²) in [6.07, 6.45) is 13.7. The molecule has 0 saturated heterocycles. The molecule has 0 unspecified atom stereocenters. The van der Waals surface area contributed by atoms with Gasteiger partial charge in [0.1, 0.15) is 0 Å². The second kappa shape index (κ2) is 20.3. The first-order valence-electron chi connectivity index (χ1n) is 26.8. The van der Waals surface area contributed by atoms with Crippen molar-refractivity contribution < 1.29 is 0 Å². The molecule has 5 aromatic heterocycles. The first kappa shape index (κ1) is 51.5. The van der Waals surface area contributed by atoms with E-state index in [0.717, 1.165) is 114 Å². The van der Waals surface area contributed by atoms with Gasteiger partial charge in [-0.25, -0.2) is 0 Å². The van der Waals surface area contributed by atoms with Crippen molar-refractivity contribution in [1.29, 1.82) is 0 Å². The third-order valence-corrected chi connectivity index (χ3v) is 15.1. The van der Waals surface area contributed by atoms with Crippen molar-refractivity contribution in [2.45, 2.75) is 119 Å². The summed E-state index contributed by atoms with van der Waals surface area (Å²) in [5, 5.41) is 0. The predicted octanol–water partition coefficient (Wildman–Crippen LogP) is 18.1. The minimum Gasteiger partial charge on any atom is -0.260 e. The summed E-state index contributed by atoms with van der Waals surface area (Å²) in [5.74, 6) is 0. The fraction of sp³-hybridized carbons (Fsp3) is 0.257. The van der Waals surface area contributed by atoms with Crippen LogP contribution in [0, 0.1) is 27.7 Å². The maximum absolute atomic E-state index is 5.15. The summed E-state index contributed by atoms with van der Waals surface area (Å²) in [4.78, 5) is 29.7. The Morgan fingerprint density at radius 3 is 1.05 bits per heavy atom. The van der Waals surface area contributed by atoms with Crippen LogP contribution in [0.1, 0.15) is 126 Å². The van der Waals surface area contributed by atoms with Crippen molar-refractivity contribution in [2.24, 2.45) is 4.99 Å². The van der Waals surface area contributed by atoms with Gasteiger partial charge in [0.15, 0.2) is 0 Å². The Morgan fingerprint density at radius 2 is 0.671 bits per heavy atom. The normalized spacial score (nSPS) is 13.1. The van der Waals surface area contributed by atoms with Crippen LogP contribution in [-0.4, -0.2) is 30.6 Å². The van der Waals surface area contributed by atoms with Crippen molar-refractivity contribution in [1.82, 2.24) is 24.9 Å². The number of benzene rings is 4. The zero-order valence-corrected chi connectivity index (χ0v) is 46.7. The molecule has 10 rings (SSSR count). The number of hydrogen-bond donors (Lipinski definition) is 0. The Bertz CT molecular complexity index is 3670. The lowest BCUT2D eigenvalue weighted by Crippen LogP contribution is -2.14. The molecule has 1 aliphatic rings. The highest BCUT2D eigenvalue weighted by Gasteiger charge is 2.23. The van der Waals surface area contributed by atoms with E-state index in [0.29, 0.717) is 0 Å². The predicted molar refractivity (Wildman–Crippen MR) is 319 cm³/mol. The molecule has 0 amide bonds. The Kier molecular flexibility index (Phi) is 13.8. The average molecular weight is 995 g/mol. The van der Waals surface area contributed by atoms with Gasteiger partial charge in [-0.05, 0) is 185 Å². The molecule has 0 N–H and O–H groups in total. The van der Waals surface area contributed by atoms with Crippen LogP contribution in [0.15, 0.2) is 170 Å². The SMILES string of the molecule is Cc1cc(C2=CN=C(c3ccc(C(C)(C)C)nc3)CC2)c(-c2cc(-c3ccccc3-c3ccc(-c4ccc(C(C)(C)C)nc4)nc3)cc(-c3cc(C)c(C)cc3-c3ccc(-c4ccc(C(C)(C)C)nc4)nc3)c2)cc1C. The highest BCUT2D eigenvalue weighted by atomic mass is 14.8. The standard InChI is InChI=1S/C70H70N6/c1-43-30-58(48-19-25-63(72-38-48)51-22-28-66(75-41-51)69(8,9)10)60(32-45(43)3)54-34-53(57-17-15-14-16-56(57)47-18-24-62(71-37-47)50-21-27-65(74-40-50)68(5,6)7)35-55(36-54)61-33-46(4)44(2)31-59(61)49-20-26-64(73-39-49)52-23-29-67(76-42-52)70(11,12)13/h14-19,21-25,27-42H,20,26H2,1-13H3. The minimum absolute atomic E-state index is 0.0138. The van der Waals surface area contributed by atoms with Gasteiger partial charge in [-0.2, -0.15) is 0 Å². The summed E-state index contributed by atoms with van der Waals surface area (Å²) < 4.78 is 0. The van der Waals surface area contributed by atoms with E-state index in [9.17, 15) is 0 Å². The molecule has 0 spiro atoms. The van der Waals surface area contributed by atoms with E-state index in [2.05, 4.69) is 224 Å². The summed E-state index contributed by atoms with van der Waals surface area (Å²) in [6.45, 7) is 28.6. The highest BCUT2D eigenvalue weighted by molar-refractivity contribution is 6.03. The molecule has 6 heteroatoms. The van der Waals surface area contributed by atoms with Crippen LogP contribution in [0.2, 0.25) is 0 Å². The maximum atomic E-state index is 5.15. The third-order valence-electron chi connectivity index (χ3n) is 15.1. The van der Waals surface area contributed by atoms with Gasteiger partial charge in [0.05, 0.1) is 11.4 Å². The number of aliphatic imine (C=N–C) groups is 1. The molecule has 380 valence electrons. The van der Waals surface area contributed by atoms with Crippen molar-refractivity contribution >= 4 is 11.3 Å². The summed E-state index contributed by atoms with van der Waals surface area (Å²) >= 11 is 0. The van der Waals surface area contributed by atoms with Gasteiger partial charge in [0.2, 0.25) is 0 Å². The molecule has 0 radical (unpaired) electrons. The fourth-order valence-corrected chi connectivity index (χ4v) is 10.1. The zero-order chi connectivity index (χ0) is 53.7. The fourth-order valence-electron chi connectivity index (χ4n) is 10.1. The van der Waals surface area contributed by atoms with Gasteiger partial charge < -0.3 is 0 Å². The van der Waals surface area contributed by atoms with Gasteiger partial charge in [-0.1, -0.05) is 123 Å². The van der Waals surface area contributed by atoms with Gasteiger partial charge in [-0.15, -0.1) is 0 Å². The number of aromatic nitrogens is 5. The second-order valence-electron chi connectivity index (χ2n) is 23.9. The number of hydrogen-bond acceptors (Lipinski definition) is 6. The summed E-state index contributed by atoms with van der Waals surface area (Å²) in [7, 11) is 0. The van der Waals surface area contributed by atoms with Gasteiger partial charge in [0.25, 0.3) is 0 Å². The molecule has 0 atom stereocenters. The molecule has 1 aliphatic heterocycles. The Morgan fingerprint density at radius 1 is 0.316 bits per heavy atom. The van der Waals surface area contributed by atoms with Gasteiger partial charge in [0, 0.05) is 104 Å². The number of aryl methyl sites for hydroxylation is 4. The lowest BCUT2D eigenvalue weighted by molar-refractivity contribution is 0.568. The lowest BCUT2D eigenvalue weighted by Gasteiger charge is -2.22. The Hall–Kier alpha value is -7.96. The van der Waals surface area contributed by atoms with E-state index in [-0.39, 0.29) is 16.2 Å². The van der Waals surface area contributed by atoms with Crippen LogP contribution in [0.25, 0.3) is 83.7 Å². The quantitative estimate of drug-likeness (QED) is 0.144. The van der Waals surface area contributed by atoms with Gasteiger partial charge in [-0.3, -0.25) is 29.9 Å². The minimum atomic E-state index is -0.0289. The van der Waals surface area contributed by atoms with Crippen LogP contribution in [-0.2, 0) is 16.2 Å². The Balaban J connectivity index is 1.11. The van der Waals surface area contributed by atoms with E-state index in [1.54, 1.807) is 0 Å². The summed E-state index contributed by atoms with van der Waals surface area (Å²) in [5.41, 5.74) is 27.6. The molecule has 6 heterocycles. The topological polar surface area (TPSA) is 76.8 Å². The van der Waals surface area contributed by atoms with Crippen LogP contribution in [0.5, 0.6) is 0 Å². The van der Waals surface area contributed by atoms with E-state index < -0.39 is 0 Å². The van der Waals surface area contributed by atoms with Crippen molar-refractivity contribution in [3.8, 4) is 78.1 Å². The molecule has 76 heavy (non-hydrogen) atoms. The smallest absolute Gasteiger partial charge is 0.0717 e. The van der Waals surface area contributed by atoms with E-state index in [4.69, 9.17) is 29.9 Å². The highest BCUT2D eigenvalue weighted by Crippen LogP contribution is 2.44. The first-order valence-corrected chi connectivity index (χ1v) is 26.8. The second-order valence-corrected chi connectivity index (χ2v) is 23.9. The van der Waals surface area contributed by atoms with E-state index in [1.165, 1.54) is 39.0 Å². The van der Waals surface area contributed by atoms with Crippen LogP contribution in [0.4, 0.5) is 0 Å². The molecule has 0 fully saturated rings. The molecule has 0 aliphatic carbocycles. The van der Waals surface area contributed by atoms with Crippen LogP contribution < -0.4 is 0 Å². The Labute approximate surface area is 451 Å². The van der Waals surface area contributed by atoms with Crippen molar-refractivity contribution in [3.05, 3.63) is 215 Å². The number of nitrogens with zero attached hydrogens (tertiary/aromatic N) is 6. The third kappa shape index (κ3) is 10.8. The van der Waals surface area contributed by atoms with E-state index in [1.807, 2.05) is 31.0 Å². The summed E-state index contributed by atoms with van der Waals surface area (Å²) in [6, 6.07) is 46.8. The monoisotopic (exact) mass is 995 g/mol. The first-order chi connectivity index (χ1) is 36.2.